The van der Waals surface area contributed by atoms with E-state index in [0.717, 1.165) is 17.6 Å². The number of methoxy groups -OCH3 is 1. The Balaban J connectivity index is 0.00000139. The fourth-order valence-corrected chi connectivity index (χ4v) is 11.5. The molecular weight excluding hydrogens is 842 g/mol. The molecule has 6 rings (SSSR count). The number of thiol groups is 1. The molecule has 4 atom stereocenters. The number of hydrogen-bond acceptors (Lipinski definition) is 14. The van der Waals surface area contributed by atoms with Crippen molar-refractivity contribution in [1.29, 1.82) is 0 Å². The molecule has 2 unspecified atom stereocenters. The summed E-state index contributed by atoms with van der Waals surface area (Å²) in [5.74, 6) is 0.950. The Labute approximate surface area is 384 Å². The molecule has 2 fully saturated rings. The van der Waals surface area contributed by atoms with Gasteiger partial charge in [-0.25, -0.2) is 8.42 Å². The maximum atomic E-state index is 14.1. The number of aliphatic hydroxyl groups excluding tert-OH is 1. The molecule has 0 aliphatic carbocycles. The van der Waals surface area contributed by atoms with Crippen molar-refractivity contribution >= 4 is 52.3 Å². The van der Waals surface area contributed by atoms with E-state index in [1.807, 2.05) is 11.0 Å². The molecule has 4 aliphatic rings. The summed E-state index contributed by atoms with van der Waals surface area (Å²) in [6.45, 7) is 8.29. The van der Waals surface area contributed by atoms with E-state index in [1.165, 1.54) is 24.1 Å². The van der Waals surface area contributed by atoms with Crippen LogP contribution in [0.4, 0.5) is 0 Å². The van der Waals surface area contributed by atoms with Gasteiger partial charge in [-0.1, -0.05) is 35.9 Å². The summed E-state index contributed by atoms with van der Waals surface area (Å²) in [5, 5.41) is 8.81. The third-order valence-electron chi connectivity index (χ3n) is 10.3. The third-order valence-corrected chi connectivity index (χ3v) is 15.1. The van der Waals surface area contributed by atoms with Crippen LogP contribution in [0.5, 0.6) is 17.2 Å². The molecule has 0 radical (unpaired) electrons. The van der Waals surface area contributed by atoms with Crippen LogP contribution >= 0.6 is 19.8 Å². The molecule has 0 saturated carbocycles. The van der Waals surface area contributed by atoms with Crippen molar-refractivity contribution in [3.63, 3.8) is 0 Å². The van der Waals surface area contributed by atoms with Crippen molar-refractivity contribution in [1.82, 2.24) is 9.80 Å². The normalized spacial score (nSPS) is 20.8. The number of benzene rings is 2. The standard InChI is InChI=1S/C36H44N2O10PS2.2Na.O3S/c1-22-12-27-5-4-24-15-33(32(46-3)18-29(24)35(40)37(27)19-22)48-7-9-49(42,10-11-50)8-6-47-31-16-25-17-34(51(43,44)45)30-13-23(2)20-38(30)36(41)28(25)14-26(31)21-39;;;1-4(2)3/h5,14-16,18,27,30,34,39,50H,1-2,4,6-13,17,19-21H2,3H3,(H,43,44,45);;;/q-1;2*+1;/p-1/t27-,30+,34?,49?;;;/m1.../s1. The van der Waals surface area contributed by atoms with Crippen molar-refractivity contribution in [2.75, 3.05) is 57.7 Å². The van der Waals surface area contributed by atoms with Crippen LogP contribution < -0.4 is 73.3 Å². The van der Waals surface area contributed by atoms with Crippen molar-refractivity contribution in [3.8, 4) is 17.2 Å². The zero-order valence-corrected chi connectivity index (χ0v) is 39.6. The van der Waals surface area contributed by atoms with Gasteiger partial charge in [-0.2, -0.15) is 19.0 Å². The number of rotatable bonds is 13. The number of hydrogen-bond donors (Lipinski definition) is 2. The topological polar surface area (TPSA) is 214 Å². The Bertz CT molecular complexity index is 2150. The second kappa shape index (κ2) is 21.2. The predicted octanol–water partition coefficient (Wildman–Crippen LogP) is -3.29. The Morgan fingerprint density at radius 3 is 2.05 bits per heavy atom. The predicted molar refractivity (Wildman–Crippen MR) is 204 cm³/mol. The molecule has 1 N–H and O–H groups in total. The summed E-state index contributed by atoms with van der Waals surface area (Å²) in [6, 6.07) is 5.69. The number of fused-ring (bicyclic) bond motifs is 4. The zero-order chi connectivity index (χ0) is 40.2. The minimum Gasteiger partial charge on any atom is -0.748 e. The number of nitrogens with zero attached hydrogens (tertiary/aromatic N) is 2. The van der Waals surface area contributed by atoms with Crippen molar-refractivity contribution in [3.05, 3.63) is 82.8 Å². The Morgan fingerprint density at radius 1 is 0.895 bits per heavy atom. The van der Waals surface area contributed by atoms with Gasteiger partial charge in [0.1, 0.15) is 5.75 Å². The van der Waals surface area contributed by atoms with Crippen molar-refractivity contribution in [2.24, 2.45) is 0 Å². The molecule has 2 aromatic rings. The van der Waals surface area contributed by atoms with Crippen LogP contribution in [0.25, 0.3) is 0 Å². The van der Waals surface area contributed by atoms with Crippen molar-refractivity contribution < 1.29 is 118 Å². The molecule has 0 bridgehead atoms. The third kappa shape index (κ3) is 12.0. The zero-order valence-electron chi connectivity index (χ0n) is 32.2. The number of aliphatic hydroxyl groups is 1. The molecule has 57 heavy (non-hydrogen) atoms. The van der Waals surface area contributed by atoms with Crippen LogP contribution in [-0.2, 0) is 44.7 Å². The Kier molecular flexibility index (Phi) is 18.5. The molecule has 4 aliphatic heterocycles. The molecule has 300 valence electrons. The van der Waals surface area contributed by atoms with Gasteiger partial charge >= 0.3 is 69.7 Å². The van der Waals surface area contributed by atoms with Crippen LogP contribution in [0, 0.1) is 6.42 Å². The fraction of sp³-hybridized carbons (Fsp3) is 0.472. The quantitative estimate of drug-likeness (QED) is 0.0505. The van der Waals surface area contributed by atoms with Gasteiger partial charge < -0.3 is 44.7 Å². The summed E-state index contributed by atoms with van der Waals surface area (Å²) in [7, 11) is -9.26. The maximum Gasteiger partial charge on any atom is 1.00 e. The van der Waals surface area contributed by atoms with Gasteiger partial charge in [0.25, 0.3) is 11.8 Å². The fourth-order valence-electron chi connectivity index (χ4n) is 7.56. The molecule has 2 saturated heterocycles. The summed E-state index contributed by atoms with van der Waals surface area (Å²) in [4.78, 5) is 30.1. The van der Waals surface area contributed by atoms with E-state index < -0.39 is 51.7 Å². The van der Waals surface area contributed by atoms with E-state index in [9.17, 15) is 32.2 Å². The molecule has 2 amide bonds. The molecule has 21 heteroatoms. The minimum atomic E-state index is -4.77. The van der Waals surface area contributed by atoms with E-state index in [4.69, 9.17) is 26.8 Å². The summed E-state index contributed by atoms with van der Waals surface area (Å²) >= 11 is 4.34. The number of ether oxygens (including phenoxy) is 3. The Hall–Kier alpha value is -1.67. The smallest absolute Gasteiger partial charge is 0.748 e. The summed E-state index contributed by atoms with van der Waals surface area (Å²) < 4.78 is 94.2. The second-order valence-electron chi connectivity index (χ2n) is 13.9. The van der Waals surface area contributed by atoms with Crippen molar-refractivity contribution in [2.45, 2.75) is 49.6 Å². The van der Waals surface area contributed by atoms with Gasteiger partial charge in [0, 0.05) is 48.3 Å². The number of carbonyl (C=O) groups is 2. The number of carbonyl (C=O) groups excluding carboxylic acids is 2. The van der Waals surface area contributed by atoms with Gasteiger partial charge in [-0.05, 0) is 54.8 Å². The van der Waals surface area contributed by atoms with Crippen LogP contribution in [0.3, 0.4) is 0 Å². The minimum absolute atomic E-state index is 0. The molecule has 0 aromatic heterocycles. The molecule has 2 aromatic carbocycles. The number of amides is 2. The van der Waals surface area contributed by atoms with Crippen LogP contribution in [0.1, 0.15) is 50.2 Å². The van der Waals surface area contributed by atoms with Gasteiger partial charge in [-0.15, -0.1) is 12.6 Å². The largest absolute Gasteiger partial charge is 1.00 e. The van der Waals surface area contributed by atoms with Crippen LogP contribution in [0.15, 0.2) is 48.6 Å². The van der Waals surface area contributed by atoms with Crippen LogP contribution in [-0.4, -0.2) is 127 Å². The molecule has 4 heterocycles. The first kappa shape index (κ1) is 49.7. The Morgan fingerprint density at radius 2 is 1.46 bits per heavy atom. The molecular formula is C36H43N2Na2O13PS3. The first-order valence-corrected chi connectivity index (χ1v) is 22.8. The maximum absolute atomic E-state index is 14.1. The van der Waals surface area contributed by atoms with E-state index in [-0.39, 0.29) is 127 Å². The average Bonchev–Trinajstić information content (AvgIpc) is 3.63. The first-order chi connectivity index (χ1) is 26.0. The van der Waals surface area contributed by atoms with E-state index in [2.05, 4.69) is 32.2 Å². The SMILES string of the molecule is C=C1C[C@H]2[CH-]Cc3cc(OCCP(=O)(CCS)CCOc4cc5c(cc4CO)C(=O)N4CC(=C)C[C@H]4C(S(=O)(=O)[O-])C5)c(OC)cc3C(=O)N2C1.O=S(=O)=O.[Na+].[Na+]. The monoisotopic (exact) mass is 884 g/mol. The van der Waals surface area contributed by atoms with E-state index in [0.29, 0.717) is 58.6 Å². The van der Waals surface area contributed by atoms with E-state index >= 15 is 0 Å². The molecule has 15 nitrogen and oxygen atoms in total. The average molecular weight is 885 g/mol. The van der Waals surface area contributed by atoms with Gasteiger partial charge in [0.2, 0.25) is 0 Å². The summed E-state index contributed by atoms with van der Waals surface area (Å²) in [5.41, 5.74) is 3.94. The van der Waals surface area contributed by atoms with E-state index in [1.54, 1.807) is 6.07 Å². The first-order valence-electron chi connectivity index (χ1n) is 17.4. The second-order valence-corrected chi connectivity index (χ2v) is 19.8. The van der Waals surface area contributed by atoms with Crippen LogP contribution in [0.2, 0.25) is 0 Å². The van der Waals surface area contributed by atoms with Gasteiger partial charge in [-0.3, -0.25) is 9.59 Å². The van der Waals surface area contributed by atoms with Gasteiger partial charge in [0.15, 0.2) is 11.5 Å². The summed E-state index contributed by atoms with van der Waals surface area (Å²) in [6.07, 6.45) is 4.20. The molecule has 0 spiro atoms. The van der Waals surface area contributed by atoms with Gasteiger partial charge in [0.05, 0.1) is 55.5 Å².